The summed E-state index contributed by atoms with van der Waals surface area (Å²) in [5, 5.41) is 10.5. The van der Waals surface area contributed by atoms with Crippen LogP contribution < -0.4 is 4.72 Å². The van der Waals surface area contributed by atoms with Crippen molar-refractivity contribution in [2.45, 2.75) is 11.8 Å². The van der Waals surface area contributed by atoms with Crippen LogP contribution in [0.5, 0.6) is 0 Å². The minimum atomic E-state index is -3.99. The number of hydrogen-bond donors (Lipinski definition) is 1. The smallest absolute Gasteiger partial charge is 0.267 e. The molecule has 0 aliphatic rings. The second-order valence-corrected chi connectivity index (χ2v) is 6.60. The maximum absolute atomic E-state index is 12.2. The zero-order valence-corrected chi connectivity index (χ0v) is 12.1. The number of thiophene rings is 1. The van der Waals surface area contributed by atoms with Crippen LogP contribution in [0.4, 0.5) is 0 Å². The first kappa shape index (κ1) is 14.2. The molecule has 0 unspecified atom stereocenters. The maximum atomic E-state index is 12.2. The van der Waals surface area contributed by atoms with Crippen molar-refractivity contribution in [3.05, 3.63) is 51.7 Å². The molecule has 5 nitrogen and oxygen atoms in total. The SMILES string of the molecule is Cc1ccc(C#N)cc1S(=O)(=O)NC(=O)c1cccs1. The zero-order chi connectivity index (χ0) is 14.8. The van der Waals surface area contributed by atoms with E-state index in [2.05, 4.69) is 0 Å². The number of nitriles is 1. The van der Waals surface area contributed by atoms with Gasteiger partial charge in [-0.3, -0.25) is 4.79 Å². The Morgan fingerprint density at radius 1 is 1.35 bits per heavy atom. The Balaban J connectivity index is 2.36. The molecule has 2 aromatic rings. The van der Waals surface area contributed by atoms with Gasteiger partial charge in [0.1, 0.15) is 0 Å². The van der Waals surface area contributed by atoms with Gasteiger partial charge >= 0.3 is 0 Å². The Kier molecular flexibility index (Phi) is 3.88. The van der Waals surface area contributed by atoms with Crippen LogP contribution in [0.25, 0.3) is 0 Å². The van der Waals surface area contributed by atoms with Crippen LogP contribution in [0, 0.1) is 18.3 Å². The lowest BCUT2D eigenvalue weighted by Gasteiger charge is -2.08. The van der Waals surface area contributed by atoms with Crippen molar-refractivity contribution >= 4 is 27.3 Å². The van der Waals surface area contributed by atoms with E-state index in [1.165, 1.54) is 24.3 Å². The molecule has 0 saturated carbocycles. The molecule has 0 aliphatic carbocycles. The molecule has 0 atom stereocenters. The van der Waals surface area contributed by atoms with Crippen molar-refractivity contribution in [3.8, 4) is 6.07 Å². The third kappa shape index (κ3) is 2.87. The van der Waals surface area contributed by atoms with Crippen LogP contribution in [0.15, 0.2) is 40.6 Å². The van der Waals surface area contributed by atoms with Gasteiger partial charge in [0.25, 0.3) is 15.9 Å². The average Bonchev–Trinajstić information content (AvgIpc) is 2.92. The van der Waals surface area contributed by atoms with E-state index in [4.69, 9.17) is 5.26 Å². The molecule has 0 saturated heterocycles. The first-order valence-electron chi connectivity index (χ1n) is 5.55. The van der Waals surface area contributed by atoms with Crippen molar-refractivity contribution < 1.29 is 13.2 Å². The average molecular weight is 306 g/mol. The summed E-state index contributed by atoms with van der Waals surface area (Å²) >= 11 is 1.15. The fourth-order valence-electron chi connectivity index (χ4n) is 1.59. The standard InChI is InChI=1S/C13H10N2O3S2/c1-9-4-5-10(8-14)7-12(9)20(17,18)15-13(16)11-3-2-6-19-11/h2-7H,1H3,(H,15,16). The number of benzene rings is 1. The monoisotopic (exact) mass is 306 g/mol. The Morgan fingerprint density at radius 3 is 2.70 bits per heavy atom. The lowest BCUT2D eigenvalue weighted by Crippen LogP contribution is -2.30. The normalized spacial score (nSPS) is 10.8. The van der Waals surface area contributed by atoms with E-state index in [-0.39, 0.29) is 10.5 Å². The molecule has 1 aromatic heterocycles. The first-order valence-corrected chi connectivity index (χ1v) is 7.92. The minimum absolute atomic E-state index is 0.0681. The lowest BCUT2D eigenvalue weighted by molar-refractivity contribution is 0.0985. The van der Waals surface area contributed by atoms with Crippen LogP contribution in [0.1, 0.15) is 20.8 Å². The molecule has 1 amide bonds. The van der Waals surface area contributed by atoms with Crippen LogP contribution in [-0.4, -0.2) is 14.3 Å². The van der Waals surface area contributed by atoms with Crippen molar-refractivity contribution in [2.24, 2.45) is 0 Å². The number of rotatable bonds is 3. The molecular weight excluding hydrogens is 296 g/mol. The number of carbonyl (C=O) groups is 1. The molecule has 1 heterocycles. The summed E-state index contributed by atoms with van der Waals surface area (Å²) in [5.74, 6) is -0.679. The zero-order valence-electron chi connectivity index (χ0n) is 10.5. The topological polar surface area (TPSA) is 87.0 Å². The van der Waals surface area contributed by atoms with E-state index in [0.29, 0.717) is 10.4 Å². The molecule has 0 aliphatic heterocycles. The van der Waals surface area contributed by atoms with Crippen molar-refractivity contribution in [3.63, 3.8) is 0 Å². The van der Waals surface area contributed by atoms with Gasteiger partial charge < -0.3 is 0 Å². The summed E-state index contributed by atoms with van der Waals surface area (Å²) in [6.07, 6.45) is 0. The van der Waals surface area contributed by atoms with E-state index in [0.717, 1.165) is 11.3 Å². The predicted octanol–water partition coefficient (Wildman–Crippen LogP) is 2.05. The van der Waals surface area contributed by atoms with Gasteiger partial charge in [-0.25, -0.2) is 13.1 Å². The Morgan fingerprint density at radius 2 is 2.10 bits per heavy atom. The Hall–Kier alpha value is -2.17. The number of hydrogen-bond acceptors (Lipinski definition) is 5. The number of nitrogens with one attached hydrogen (secondary N) is 1. The van der Waals surface area contributed by atoms with Gasteiger partial charge in [0.05, 0.1) is 21.4 Å². The third-order valence-corrected chi connectivity index (χ3v) is 4.92. The quantitative estimate of drug-likeness (QED) is 0.940. The maximum Gasteiger partial charge on any atom is 0.275 e. The molecule has 7 heteroatoms. The van der Waals surface area contributed by atoms with Crippen LogP contribution in [0.2, 0.25) is 0 Å². The molecule has 0 fully saturated rings. The molecule has 1 N–H and O–H groups in total. The fourth-order valence-corrected chi connectivity index (χ4v) is 3.52. The van der Waals surface area contributed by atoms with Crippen LogP contribution in [-0.2, 0) is 10.0 Å². The largest absolute Gasteiger partial charge is 0.275 e. The molecule has 1 aromatic carbocycles. The highest BCUT2D eigenvalue weighted by Crippen LogP contribution is 2.17. The van der Waals surface area contributed by atoms with E-state index in [9.17, 15) is 13.2 Å². The molecule has 0 radical (unpaired) electrons. The number of sulfonamides is 1. The minimum Gasteiger partial charge on any atom is -0.267 e. The Labute approximate surface area is 120 Å². The molecule has 20 heavy (non-hydrogen) atoms. The van der Waals surface area contributed by atoms with Gasteiger partial charge in [-0.2, -0.15) is 5.26 Å². The second-order valence-electron chi connectivity index (χ2n) is 4.00. The van der Waals surface area contributed by atoms with E-state index in [1.54, 1.807) is 18.4 Å². The highest BCUT2D eigenvalue weighted by Gasteiger charge is 2.21. The van der Waals surface area contributed by atoms with Gasteiger partial charge in [0, 0.05) is 0 Å². The molecular formula is C13H10N2O3S2. The molecule has 0 spiro atoms. The van der Waals surface area contributed by atoms with Crippen molar-refractivity contribution in [1.29, 1.82) is 5.26 Å². The first-order chi connectivity index (χ1) is 9.44. The molecule has 2 rings (SSSR count). The second kappa shape index (κ2) is 5.45. The Bertz CT molecular complexity index is 788. The molecule has 0 bridgehead atoms. The third-order valence-electron chi connectivity index (χ3n) is 2.58. The number of nitrogens with zero attached hydrogens (tertiary/aromatic N) is 1. The van der Waals surface area contributed by atoms with E-state index in [1.807, 2.05) is 10.8 Å². The van der Waals surface area contributed by atoms with Crippen molar-refractivity contribution in [1.82, 2.24) is 4.72 Å². The number of amides is 1. The predicted molar refractivity (Wildman–Crippen MR) is 74.9 cm³/mol. The van der Waals surface area contributed by atoms with E-state index < -0.39 is 15.9 Å². The summed E-state index contributed by atoms with van der Waals surface area (Å²) in [4.78, 5) is 12.1. The van der Waals surface area contributed by atoms with Gasteiger partial charge in [-0.1, -0.05) is 12.1 Å². The van der Waals surface area contributed by atoms with Gasteiger partial charge in [0.2, 0.25) is 0 Å². The van der Waals surface area contributed by atoms with Gasteiger partial charge in [0.15, 0.2) is 0 Å². The highest BCUT2D eigenvalue weighted by molar-refractivity contribution is 7.90. The summed E-state index contributed by atoms with van der Waals surface area (Å²) in [5.41, 5.74) is 0.690. The number of carbonyl (C=O) groups excluding carboxylic acids is 1. The summed E-state index contributed by atoms with van der Waals surface area (Å²) in [7, 11) is -3.99. The highest BCUT2D eigenvalue weighted by atomic mass is 32.2. The van der Waals surface area contributed by atoms with E-state index >= 15 is 0 Å². The van der Waals surface area contributed by atoms with Crippen molar-refractivity contribution in [2.75, 3.05) is 0 Å². The summed E-state index contributed by atoms with van der Waals surface area (Å²) in [6, 6.07) is 9.37. The summed E-state index contributed by atoms with van der Waals surface area (Å²) in [6.45, 7) is 1.60. The van der Waals surface area contributed by atoms with Crippen LogP contribution in [0.3, 0.4) is 0 Å². The van der Waals surface area contributed by atoms with Gasteiger partial charge in [-0.15, -0.1) is 11.3 Å². The van der Waals surface area contributed by atoms with Gasteiger partial charge in [-0.05, 0) is 36.1 Å². The lowest BCUT2D eigenvalue weighted by atomic mass is 10.2. The number of aryl methyl sites for hydroxylation is 1. The van der Waals surface area contributed by atoms with Crippen LogP contribution >= 0.6 is 11.3 Å². The summed E-state index contributed by atoms with van der Waals surface area (Å²) < 4.78 is 26.4. The molecule has 102 valence electrons. The fraction of sp³-hybridized carbons (Fsp3) is 0.0769.